The molecule has 2 atom stereocenters. The van der Waals surface area contributed by atoms with Gasteiger partial charge in [-0.2, -0.15) is 0 Å². The minimum atomic E-state index is -0.150. The Morgan fingerprint density at radius 2 is 2.05 bits per heavy atom. The first-order valence-electron chi connectivity index (χ1n) is 6.41. The van der Waals surface area contributed by atoms with Crippen molar-refractivity contribution in [1.29, 1.82) is 0 Å². The molecule has 0 bridgehead atoms. The summed E-state index contributed by atoms with van der Waals surface area (Å²) < 4.78 is 0. The van der Waals surface area contributed by atoms with Gasteiger partial charge in [0.15, 0.2) is 0 Å². The number of amides is 1. The number of carbonyl (C=O) groups excluding carboxylic acids is 1. The number of anilines is 1. The van der Waals surface area contributed by atoms with Crippen LogP contribution in [-0.2, 0) is 4.79 Å². The largest absolute Gasteiger partial charge is 0.326 e. The third-order valence-electron chi connectivity index (χ3n) is 3.08. The lowest BCUT2D eigenvalue weighted by Crippen LogP contribution is -2.24. The summed E-state index contributed by atoms with van der Waals surface area (Å²) in [6.07, 6.45) is 0.625. The van der Waals surface area contributed by atoms with Gasteiger partial charge in [-0.1, -0.05) is 24.6 Å². The van der Waals surface area contributed by atoms with Crippen LogP contribution < -0.4 is 11.1 Å². The number of hydrogen-bond acceptors (Lipinski definition) is 3. The molecule has 0 aliphatic carbocycles. The highest BCUT2D eigenvalue weighted by Crippen LogP contribution is 2.24. The maximum absolute atomic E-state index is 12.1. The van der Waals surface area contributed by atoms with Gasteiger partial charge in [0.2, 0.25) is 5.91 Å². The molecule has 2 rings (SSSR count). The van der Waals surface area contributed by atoms with Gasteiger partial charge in [0, 0.05) is 27.5 Å². The fraction of sp³-hybridized carbons (Fsp3) is 0.267. The summed E-state index contributed by atoms with van der Waals surface area (Å²) in [5.74, 6) is -0.179. The van der Waals surface area contributed by atoms with E-state index in [0.717, 1.165) is 10.6 Å². The number of carbonyl (C=O) groups is 1. The third-order valence-corrected chi connectivity index (χ3v) is 4.33. The monoisotopic (exact) mass is 308 g/mol. The first kappa shape index (κ1) is 15.0. The summed E-state index contributed by atoms with van der Waals surface area (Å²) in [5.41, 5.74) is 6.85. The Balaban J connectivity index is 1.90. The van der Waals surface area contributed by atoms with Crippen LogP contribution in [0.25, 0.3) is 0 Å². The fourth-order valence-corrected chi connectivity index (χ4v) is 2.77. The third kappa shape index (κ3) is 4.07. The summed E-state index contributed by atoms with van der Waals surface area (Å²) in [7, 11) is 0. The molecule has 3 nitrogen and oxygen atoms in total. The normalized spacial score (nSPS) is 13.8. The molecule has 1 aromatic heterocycles. The van der Waals surface area contributed by atoms with E-state index in [1.54, 1.807) is 35.6 Å². The van der Waals surface area contributed by atoms with E-state index >= 15 is 0 Å². The molecule has 1 aromatic carbocycles. The Morgan fingerprint density at radius 3 is 2.65 bits per heavy atom. The van der Waals surface area contributed by atoms with Gasteiger partial charge < -0.3 is 11.1 Å². The highest BCUT2D eigenvalue weighted by atomic mass is 35.5. The molecule has 3 N–H and O–H groups in total. The average molecular weight is 309 g/mol. The summed E-state index contributed by atoms with van der Waals surface area (Å²) in [5, 5.41) is 5.51. The second-order valence-corrected chi connectivity index (χ2v) is 6.17. The molecule has 0 aliphatic heterocycles. The van der Waals surface area contributed by atoms with Crippen LogP contribution in [0.2, 0.25) is 5.02 Å². The van der Waals surface area contributed by atoms with Gasteiger partial charge in [-0.15, -0.1) is 11.3 Å². The van der Waals surface area contributed by atoms with E-state index in [1.807, 2.05) is 24.4 Å². The van der Waals surface area contributed by atoms with Crippen molar-refractivity contribution in [2.24, 2.45) is 11.7 Å². The second kappa shape index (κ2) is 6.88. The van der Waals surface area contributed by atoms with Gasteiger partial charge >= 0.3 is 0 Å². The Kier molecular flexibility index (Phi) is 5.17. The molecule has 106 valence electrons. The summed E-state index contributed by atoms with van der Waals surface area (Å²) in [6, 6.07) is 10.9. The van der Waals surface area contributed by atoms with Gasteiger partial charge in [0.25, 0.3) is 0 Å². The summed E-state index contributed by atoms with van der Waals surface area (Å²) >= 11 is 7.43. The molecule has 1 amide bonds. The number of thiophene rings is 1. The maximum atomic E-state index is 12.1. The minimum absolute atomic E-state index is 0.0284. The summed E-state index contributed by atoms with van der Waals surface area (Å²) in [4.78, 5) is 13.2. The van der Waals surface area contributed by atoms with Crippen LogP contribution in [0.15, 0.2) is 41.8 Å². The van der Waals surface area contributed by atoms with Crippen LogP contribution in [0.5, 0.6) is 0 Å². The molecule has 0 spiro atoms. The van der Waals surface area contributed by atoms with Crippen LogP contribution in [0.4, 0.5) is 5.69 Å². The van der Waals surface area contributed by atoms with Gasteiger partial charge in [0.1, 0.15) is 0 Å². The predicted molar refractivity (Wildman–Crippen MR) is 85.1 cm³/mol. The van der Waals surface area contributed by atoms with Gasteiger partial charge in [-0.3, -0.25) is 4.79 Å². The molecular weight excluding hydrogens is 292 g/mol. The Labute approximate surface area is 127 Å². The Bertz CT molecular complexity index is 554. The molecule has 0 radical (unpaired) electrons. The van der Waals surface area contributed by atoms with Crippen molar-refractivity contribution in [2.45, 2.75) is 19.4 Å². The zero-order valence-electron chi connectivity index (χ0n) is 11.2. The van der Waals surface area contributed by atoms with E-state index in [9.17, 15) is 4.79 Å². The van der Waals surface area contributed by atoms with Crippen molar-refractivity contribution in [3.63, 3.8) is 0 Å². The van der Waals surface area contributed by atoms with E-state index in [2.05, 4.69) is 5.32 Å². The first-order valence-corrected chi connectivity index (χ1v) is 7.67. The zero-order valence-corrected chi connectivity index (χ0v) is 12.7. The lowest BCUT2D eigenvalue weighted by molar-refractivity contribution is -0.119. The molecule has 0 saturated heterocycles. The van der Waals surface area contributed by atoms with Crippen LogP contribution >= 0.6 is 22.9 Å². The van der Waals surface area contributed by atoms with Crippen LogP contribution in [-0.4, -0.2) is 5.91 Å². The van der Waals surface area contributed by atoms with Gasteiger partial charge in [-0.25, -0.2) is 0 Å². The first-order chi connectivity index (χ1) is 9.56. The minimum Gasteiger partial charge on any atom is -0.326 e. The Morgan fingerprint density at radius 1 is 1.35 bits per heavy atom. The van der Waals surface area contributed by atoms with Gasteiger partial charge in [0.05, 0.1) is 0 Å². The van der Waals surface area contributed by atoms with Crippen LogP contribution in [0.3, 0.4) is 0 Å². The molecule has 2 unspecified atom stereocenters. The number of nitrogens with one attached hydrogen (secondary N) is 1. The lowest BCUT2D eigenvalue weighted by Gasteiger charge is -2.16. The second-order valence-electron chi connectivity index (χ2n) is 4.75. The average Bonchev–Trinajstić information content (AvgIpc) is 2.95. The van der Waals surface area contributed by atoms with E-state index in [4.69, 9.17) is 17.3 Å². The van der Waals surface area contributed by atoms with Crippen LogP contribution in [0, 0.1) is 5.92 Å². The lowest BCUT2D eigenvalue weighted by atomic mass is 10.0. The SMILES string of the molecule is CC(CC(N)c1cccs1)C(=O)Nc1ccc(Cl)cc1. The molecule has 5 heteroatoms. The maximum Gasteiger partial charge on any atom is 0.227 e. The highest BCUT2D eigenvalue weighted by molar-refractivity contribution is 7.10. The van der Waals surface area contributed by atoms with E-state index in [0.29, 0.717) is 11.4 Å². The molecule has 2 aromatic rings. The number of hydrogen-bond donors (Lipinski definition) is 2. The Hall–Kier alpha value is -1.36. The van der Waals surface area contributed by atoms with Crippen molar-refractivity contribution in [2.75, 3.05) is 5.32 Å². The number of nitrogens with two attached hydrogens (primary N) is 1. The standard InChI is InChI=1S/C15H17ClN2OS/c1-10(9-13(17)14-3-2-8-20-14)15(19)18-12-6-4-11(16)5-7-12/h2-8,10,13H,9,17H2,1H3,(H,18,19). The van der Waals surface area contributed by atoms with E-state index in [-0.39, 0.29) is 17.9 Å². The number of halogens is 1. The zero-order chi connectivity index (χ0) is 14.5. The van der Waals surface area contributed by atoms with E-state index < -0.39 is 0 Å². The highest BCUT2D eigenvalue weighted by Gasteiger charge is 2.18. The molecule has 0 saturated carbocycles. The van der Waals surface area contributed by atoms with Gasteiger partial charge in [-0.05, 0) is 42.1 Å². The summed E-state index contributed by atoms with van der Waals surface area (Å²) in [6.45, 7) is 1.89. The van der Waals surface area contributed by atoms with Crippen molar-refractivity contribution >= 4 is 34.5 Å². The molecule has 1 heterocycles. The number of rotatable bonds is 5. The number of benzene rings is 1. The molecule has 0 aliphatic rings. The molecule has 0 fully saturated rings. The quantitative estimate of drug-likeness (QED) is 0.875. The molecule has 20 heavy (non-hydrogen) atoms. The fourth-order valence-electron chi connectivity index (χ4n) is 1.91. The predicted octanol–water partition coefficient (Wildman–Crippen LogP) is 4.07. The van der Waals surface area contributed by atoms with Crippen molar-refractivity contribution < 1.29 is 4.79 Å². The van der Waals surface area contributed by atoms with Crippen LogP contribution in [0.1, 0.15) is 24.3 Å². The van der Waals surface area contributed by atoms with Crippen molar-refractivity contribution in [3.05, 3.63) is 51.7 Å². The van der Waals surface area contributed by atoms with Crippen molar-refractivity contribution in [3.8, 4) is 0 Å². The topological polar surface area (TPSA) is 55.1 Å². The van der Waals surface area contributed by atoms with E-state index in [1.165, 1.54) is 0 Å². The smallest absolute Gasteiger partial charge is 0.227 e. The molecular formula is C15H17ClN2OS. The van der Waals surface area contributed by atoms with Crippen molar-refractivity contribution in [1.82, 2.24) is 0 Å².